The number of hydrogen-bond acceptors (Lipinski definition) is 6. The highest BCUT2D eigenvalue weighted by atomic mass is 16.5. The number of aromatic nitrogens is 3. The van der Waals surface area contributed by atoms with Crippen LogP contribution in [0.25, 0.3) is 0 Å². The number of rotatable bonds is 4. The standard InChI is InChI=1S/C18H29N5O3/c1-25-13-18-4-2-15(22-6-8-26-9-7-22)10-14(18)3-5-23(12-18)17(24)16-11-19-21-20-16/h11,14-15H,2-10,12-13H2,1H3,(H,19,20,21)/t14-,15-,18+/m1/s1. The van der Waals surface area contributed by atoms with Gasteiger partial charge in [0, 0.05) is 44.7 Å². The third-order valence-corrected chi connectivity index (χ3v) is 6.57. The SMILES string of the molecule is COC[C@@]12CC[C@@H](N3CCOCC3)C[C@H]1CCN(C(=O)c1cn[nH]n1)C2. The minimum absolute atomic E-state index is 0.0250. The third-order valence-electron chi connectivity index (χ3n) is 6.57. The zero-order chi connectivity index (χ0) is 18.0. The fourth-order valence-electron chi connectivity index (χ4n) is 5.19. The summed E-state index contributed by atoms with van der Waals surface area (Å²) in [6.07, 6.45) is 6.03. The van der Waals surface area contributed by atoms with E-state index in [0.717, 1.165) is 58.8 Å². The van der Waals surface area contributed by atoms with Crippen molar-refractivity contribution in [2.45, 2.75) is 31.7 Å². The topological polar surface area (TPSA) is 83.6 Å². The molecule has 3 atom stereocenters. The summed E-state index contributed by atoms with van der Waals surface area (Å²) in [4.78, 5) is 17.3. The van der Waals surface area contributed by atoms with E-state index in [1.807, 2.05) is 4.90 Å². The lowest BCUT2D eigenvalue weighted by Gasteiger charge is -2.54. The van der Waals surface area contributed by atoms with Gasteiger partial charge in [0.05, 0.1) is 26.0 Å². The van der Waals surface area contributed by atoms with Crippen LogP contribution in [0.1, 0.15) is 36.2 Å². The summed E-state index contributed by atoms with van der Waals surface area (Å²) in [5.74, 6) is 0.577. The van der Waals surface area contributed by atoms with Gasteiger partial charge in [0.1, 0.15) is 0 Å². The fraction of sp³-hybridized carbons (Fsp3) is 0.833. The van der Waals surface area contributed by atoms with E-state index in [4.69, 9.17) is 9.47 Å². The molecule has 0 bridgehead atoms. The maximum atomic E-state index is 12.7. The summed E-state index contributed by atoms with van der Waals surface area (Å²) in [6.45, 7) is 6.06. The van der Waals surface area contributed by atoms with Crippen LogP contribution in [0, 0.1) is 11.3 Å². The monoisotopic (exact) mass is 363 g/mol. The highest BCUT2D eigenvalue weighted by molar-refractivity contribution is 5.92. The Balaban J connectivity index is 1.46. The highest BCUT2D eigenvalue weighted by Crippen LogP contribution is 2.48. The van der Waals surface area contributed by atoms with Gasteiger partial charge in [-0.05, 0) is 31.6 Å². The second-order valence-corrected chi connectivity index (χ2v) is 7.94. The number of piperidine rings is 1. The van der Waals surface area contributed by atoms with Gasteiger partial charge in [-0.3, -0.25) is 9.69 Å². The molecule has 2 saturated heterocycles. The predicted molar refractivity (Wildman–Crippen MR) is 94.7 cm³/mol. The molecule has 1 aromatic rings. The van der Waals surface area contributed by atoms with Crippen LogP contribution in [0.4, 0.5) is 0 Å². The Morgan fingerprint density at radius 2 is 2.23 bits per heavy atom. The van der Waals surface area contributed by atoms with Crippen LogP contribution in [-0.4, -0.2) is 90.3 Å². The summed E-state index contributed by atoms with van der Waals surface area (Å²) in [5.41, 5.74) is 0.466. The fourth-order valence-corrected chi connectivity index (χ4v) is 5.19. The molecule has 0 unspecified atom stereocenters. The first-order valence-corrected chi connectivity index (χ1v) is 9.68. The minimum Gasteiger partial charge on any atom is -0.384 e. The van der Waals surface area contributed by atoms with Crippen molar-refractivity contribution in [2.75, 3.05) is 53.1 Å². The Labute approximate surface area is 154 Å². The molecule has 1 aliphatic carbocycles. The number of H-pyrrole nitrogens is 1. The van der Waals surface area contributed by atoms with Crippen LogP contribution >= 0.6 is 0 Å². The third kappa shape index (κ3) is 3.37. The Morgan fingerprint density at radius 1 is 1.38 bits per heavy atom. The summed E-state index contributed by atoms with van der Waals surface area (Å²) >= 11 is 0. The Kier molecular flexibility index (Phi) is 5.24. The molecule has 0 radical (unpaired) electrons. The van der Waals surface area contributed by atoms with Crippen molar-refractivity contribution in [3.63, 3.8) is 0 Å². The van der Waals surface area contributed by atoms with Gasteiger partial charge < -0.3 is 14.4 Å². The molecule has 2 aliphatic heterocycles. The number of nitrogens with zero attached hydrogens (tertiary/aromatic N) is 4. The first kappa shape index (κ1) is 17.9. The number of carbonyl (C=O) groups excluding carboxylic acids is 1. The zero-order valence-corrected chi connectivity index (χ0v) is 15.5. The zero-order valence-electron chi connectivity index (χ0n) is 15.5. The lowest BCUT2D eigenvalue weighted by molar-refractivity contribution is -0.0792. The van der Waals surface area contributed by atoms with Crippen LogP contribution in [0.15, 0.2) is 6.20 Å². The van der Waals surface area contributed by atoms with Crippen LogP contribution in [-0.2, 0) is 9.47 Å². The van der Waals surface area contributed by atoms with E-state index >= 15 is 0 Å². The molecule has 3 fully saturated rings. The van der Waals surface area contributed by atoms with Crippen LogP contribution in [0.5, 0.6) is 0 Å². The van der Waals surface area contributed by atoms with E-state index in [1.54, 1.807) is 7.11 Å². The summed E-state index contributed by atoms with van der Waals surface area (Å²) in [5, 5.41) is 10.3. The largest absolute Gasteiger partial charge is 0.384 e. The maximum Gasteiger partial charge on any atom is 0.276 e. The quantitative estimate of drug-likeness (QED) is 0.851. The predicted octanol–water partition coefficient (Wildman–Crippen LogP) is 0.784. The van der Waals surface area contributed by atoms with Gasteiger partial charge in [-0.2, -0.15) is 15.4 Å². The lowest BCUT2D eigenvalue weighted by Crippen LogP contribution is -2.58. The number of amides is 1. The van der Waals surface area contributed by atoms with Gasteiger partial charge in [0.15, 0.2) is 5.69 Å². The van der Waals surface area contributed by atoms with Gasteiger partial charge in [-0.15, -0.1) is 0 Å². The molecule has 8 heteroatoms. The van der Waals surface area contributed by atoms with Crippen molar-refractivity contribution >= 4 is 5.91 Å². The number of fused-ring (bicyclic) bond motifs is 1. The molecule has 0 aromatic carbocycles. The van der Waals surface area contributed by atoms with Crippen molar-refractivity contribution in [3.05, 3.63) is 11.9 Å². The second kappa shape index (κ2) is 7.62. The molecule has 26 heavy (non-hydrogen) atoms. The van der Waals surface area contributed by atoms with E-state index in [1.165, 1.54) is 19.0 Å². The Hall–Kier alpha value is -1.51. The van der Waals surface area contributed by atoms with Crippen LogP contribution in [0.3, 0.4) is 0 Å². The average Bonchev–Trinajstić information content (AvgIpc) is 3.22. The maximum absolute atomic E-state index is 12.7. The van der Waals surface area contributed by atoms with E-state index in [0.29, 0.717) is 17.7 Å². The smallest absolute Gasteiger partial charge is 0.276 e. The first-order valence-electron chi connectivity index (χ1n) is 9.68. The van der Waals surface area contributed by atoms with E-state index < -0.39 is 0 Å². The average molecular weight is 363 g/mol. The number of likely N-dealkylation sites (tertiary alicyclic amines) is 1. The molecular weight excluding hydrogens is 334 g/mol. The van der Waals surface area contributed by atoms with E-state index in [9.17, 15) is 4.79 Å². The molecule has 1 aromatic heterocycles. The van der Waals surface area contributed by atoms with Gasteiger partial charge in [0.25, 0.3) is 5.91 Å². The Morgan fingerprint density at radius 3 is 2.96 bits per heavy atom. The lowest BCUT2D eigenvalue weighted by atomic mass is 9.61. The molecule has 1 N–H and O–H groups in total. The molecule has 1 saturated carbocycles. The van der Waals surface area contributed by atoms with Gasteiger partial charge in [-0.25, -0.2) is 0 Å². The number of hydrogen-bond donors (Lipinski definition) is 1. The number of methoxy groups -OCH3 is 1. The summed E-state index contributed by atoms with van der Waals surface area (Å²) in [6, 6.07) is 0.645. The molecule has 4 rings (SSSR count). The Bertz CT molecular complexity index is 604. The normalized spacial score (nSPS) is 33.0. The molecule has 3 aliphatic rings. The van der Waals surface area contributed by atoms with E-state index in [-0.39, 0.29) is 11.3 Å². The van der Waals surface area contributed by atoms with Gasteiger partial charge in [-0.1, -0.05) is 0 Å². The van der Waals surface area contributed by atoms with E-state index in [2.05, 4.69) is 20.3 Å². The van der Waals surface area contributed by atoms with Crippen molar-refractivity contribution in [1.82, 2.24) is 25.2 Å². The van der Waals surface area contributed by atoms with Crippen LogP contribution < -0.4 is 0 Å². The van der Waals surface area contributed by atoms with Gasteiger partial charge in [0.2, 0.25) is 0 Å². The second-order valence-electron chi connectivity index (χ2n) is 7.94. The number of morpholine rings is 1. The number of nitrogens with one attached hydrogen (secondary N) is 1. The number of ether oxygens (including phenoxy) is 2. The molecular formula is C18H29N5O3. The van der Waals surface area contributed by atoms with Gasteiger partial charge >= 0.3 is 0 Å². The summed E-state index contributed by atoms with van der Waals surface area (Å²) in [7, 11) is 1.78. The molecule has 8 nitrogen and oxygen atoms in total. The molecule has 1 amide bonds. The summed E-state index contributed by atoms with van der Waals surface area (Å²) < 4.78 is 11.1. The first-order chi connectivity index (χ1) is 12.7. The molecule has 144 valence electrons. The van der Waals surface area contributed by atoms with Crippen molar-refractivity contribution in [1.29, 1.82) is 0 Å². The molecule has 0 spiro atoms. The van der Waals surface area contributed by atoms with Crippen molar-refractivity contribution in [3.8, 4) is 0 Å². The minimum atomic E-state index is -0.0250. The molecule has 3 heterocycles. The van der Waals surface area contributed by atoms with Crippen LogP contribution in [0.2, 0.25) is 0 Å². The van der Waals surface area contributed by atoms with Crippen molar-refractivity contribution in [2.24, 2.45) is 11.3 Å². The van der Waals surface area contributed by atoms with Crippen molar-refractivity contribution < 1.29 is 14.3 Å². The number of carbonyl (C=O) groups is 1. The number of aromatic amines is 1. The highest BCUT2D eigenvalue weighted by Gasteiger charge is 2.49.